The molecule has 27 nitrogen and oxygen atoms in total. The Labute approximate surface area is 554 Å². The average molecular weight is 1320 g/mol. The van der Waals surface area contributed by atoms with E-state index < -0.39 is 174 Å². The maximum atomic E-state index is 15.4. The van der Waals surface area contributed by atoms with E-state index in [1.54, 1.807) is 67.3 Å². The van der Waals surface area contributed by atoms with Gasteiger partial charge in [0.05, 0.1) is 18.8 Å². The molecule has 0 bridgehead atoms. The first-order chi connectivity index (χ1) is 42.8. The molecule has 1 aliphatic rings. The molecule has 534 valence electrons. The van der Waals surface area contributed by atoms with Crippen molar-refractivity contribution in [2.45, 2.75) is 248 Å². The number of hydrogen-bond donors (Lipinski definition) is 6. The third-order valence-electron chi connectivity index (χ3n) is 18.0. The van der Waals surface area contributed by atoms with Crippen molar-refractivity contribution in [2.75, 3.05) is 62.9 Å². The van der Waals surface area contributed by atoms with Crippen molar-refractivity contribution in [3.05, 3.63) is 0 Å². The Kier molecular flexibility index (Phi) is 34.7. The summed E-state index contributed by atoms with van der Waals surface area (Å²) in [6.07, 6.45) is -3.45. The number of aliphatic hydroxyl groups is 2. The number of nitrogens with zero attached hydrogens (tertiary/aromatic N) is 8. The Morgan fingerprint density at radius 1 is 0.495 bits per heavy atom. The van der Waals surface area contributed by atoms with Crippen LogP contribution in [0.2, 0.25) is 0 Å². The fourth-order valence-electron chi connectivity index (χ4n) is 11.7. The van der Waals surface area contributed by atoms with Crippen molar-refractivity contribution >= 4 is 71.5 Å². The minimum atomic E-state index is -1.81. The SMILES string of the molecule is CC[C@@H]1NC(=O)C([C@H](O)[C@H](C)CC(O)C(C)N(C)C(C)OC=O)N(C)C(=O)C(C(C)C)N(C)C(=O)[C@H](CC(C)C)N(C)C(=O)[C@H](CC(C)C)N(C)C(=O)[C@H](C)NC(=O)[C@H](C)NC(=O)[C@H](CC(C)C)N(C)C(=O)[C@H](C(C)C)NC(=O)[C@H](CC(C)C)N(C)C(=O)CN(C)C1=O. The largest absolute Gasteiger partial charge is 0.449 e. The van der Waals surface area contributed by atoms with Gasteiger partial charge in [0.25, 0.3) is 6.47 Å². The lowest BCUT2D eigenvalue weighted by Crippen LogP contribution is -2.63. The highest BCUT2D eigenvalue weighted by Gasteiger charge is 2.46. The van der Waals surface area contributed by atoms with Crippen LogP contribution >= 0.6 is 0 Å². The summed E-state index contributed by atoms with van der Waals surface area (Å²) in [7, 11) is 11.3. The molecule has 1 aliphatic heterocycles. The van der Waals surface area contributed by atoms with Crippen LogP contribution in [0.15, 0.2) is 0 Å². The van der Waals surface area contributed by atoms with Crippen LogP contribution in [-0.2, 0) is 62.3 Å². The minimum absolute atomic E-state index is 0.0555. The van der Waals surface area contributed by atoms with E-state index in [2.05, 4.69) is 21.3 Å². The predicted octanol–water partition coefficient (Wildman–Crippen LogP) is 1.89. The lowest BCUT2D eigenvalue weighted by molar-refractivity contribution is -0.157. The number of carbonyl (C=O) groups excluding carboxylic acids is 12. The van der Waals surface area contributed by atoms with Gasteiger partial charge in [-0.2, -0.15) is 0 Å². The molecule has 15 atom stereocenters. The number of likely N-dealkylation sites (N-methyl/N-ethyl adjacent to an activating group) is 8. The van der Waals surface area contributed by atoms with E-state index in [0.717, 1.165) is 9.80 Å². The van der Waals surface area contributed by atoms with Gasteiger partial charge in [0.15, 0.2) is 6.23 Å². The molecule has 0 saturated carbocycles. The summed E-state index contributed by atoms with van der Waals surface area (Å²) in [6.45, 7) is 30.5. The molecule has 0 aliphatic carbocycles. The third kappa shape index (κ3) is 23.7. The van der Waals surface area contributed by atoms with Gasteiger partial charge in [-0.3, -0.25) is 62.4 Å². The number of nitrogens with one attached hydrogen (secondary N) is 4. The fourth-order valence-corrected chi connectivity index (χ4v) is 11.7. The topological polar surface area (TPSA) is 329 Å². The Balaban J connectivity index is 4.42. The predicted molar refractivity (Wildman–Crippen MR) is 353 cm³/mol. The Bertz CT molecular complexity index is 2530. The third-order valence-corrected chi connectivity index (χ3v) is 18.0. The summed E-state index contributed by atoms with van der Waals surface area (Å²) >= 11 is 0. The number of aliphatic hydroxyl groups excluding tert-OH is 2. The van der Waals surface area contributed by atoms with Crippen LogP contribution in [-0.4, -0.2) is 269 Å². The number of rotatable bonds is 20. The monoisotopic (exact) mass is 1320 g/mol. The average Bonchev–Trinajstić information content (AvgIpc) is 0.814. The van der Waals surface area contributed by atoms with Crippen LogP contribution < -0.4 is 21.3 Å². The minimum Gasteiger partial charge on any atom is -0.449 e. The van der Waals surface area contributed by atoms with E-state index >= 15 is 19.2 Å². The van der Waals surface area contributed by atoms with Crippen molar-refractivity contribution in [3.63, 3.8) is 0 Å². The van der Waals surface area contributed by atoms with Gasteiger partial charge in [-0.25, -0.2) is 0 Å². The van der Waals surface area contributed by atoms with Crippen LogP contribution in [0.3, 0.4) is 0 Å². The molecule has 1 rings (SSSR count). The quantitative estimate of drug-likeness (QED) is 0.0749. The number of amides is 11. The second kappa shape index (κ2) is 38.2. The summed E-state index contributed by atoms with van der Waals surface area (Å²) in [4.78, 5) is 182. The first kappa shape index (κ1) is 84.5. The van der Waals surface area contributed by atoms with Crippen molar-refractivity contribution in [2.24, 2.45) is 41.4 Å². The van der Waals surface area contributed by atoms with Gasteiger partial charge in [-0.15, -0.1) is 0 Å². The van der Waals surface area contributed by atoms with Crippen LogP contribution in [0.5, 0.6) is 0 Å². The van der Waals surface area contributed by atoms with Crippen LogP contribution in [0, 0.1) is 41.4 Å². The summed E-state index contributed by atoms with van der Waals surface area (Å²) in [6, 6.07) is -13.7. The molecule has 1 heterocycles. The highest BCUT2D eigenvalue weighted by atomic mass is 16.5. The maximum absolute atomic E-state index is 15.4. The first-order valence-corrected chi connectivity index (χ1v) is 33.1. The van der Waals surface area contributed by atoms with E-state index in [9.17, 15) is 48.6 Å². The molecule has 0 aromatic carbocycles. The molecular formula is C66H120N12O15. The second-order valence-electron chi connectivity index (χ2n) is 28.3. The molecule has 11 amide bonds. The smallest absolute Gasteiger partial charge is 0.294 e. The summed E-state index contributed by atoms with van der Waals surface area (Å²) in [5.74, 6) is -10.9. The van der Waals surface area contributed by atoms with Crippen LogP contribution in [0.1, 0.15) is 163 Å². The van der Waals surface area contributed by atoms with Gasteiger partial charge < -0.3 is 70.5 Å². The first-order valence-electron chi connectivity index (χ1n) is 33.1. The Hall–Kier alpha value is -6.48. The molecule has 0 aromatic heterocycles. The van der Waals surface area contributed by atoms with Gasteiger partial charge in [0.2, 0.25) is 65.0 Å². The number of ether oxygens (including phenoxy) is 1. The molecule has 0 aromatic rings. The fraction of sp³-hybridized carbons (Fsp3) is 0.818. The molecule has 5 unspecified atom stereocenters. The van der Waals surface area contributed by atoms with Gasteiger partial charge in [0.1, 0.15) is 60.4 Å². The summed E-state index contributed by atoms with van der Waals surface area (Å²) in [5.41, 5.74) is 0. The lowest BCUT2D eigenvalue weighted by atomic mass is 9.88. The van der Waals surface area contributed by atoms with Crippen LogP contribution in [0.25, 0.3) is 0 Å². The molecule has 0 spiro atoms. The molecule has 1 saturated heterocycles. The van der Waals surface area contributed by atoms with Crippen molar-refractivity contribution in [1.82, 2.24) is 60.5 Å². The van der Waals surface area contributed by atoms with E-state index in [4.69, 9.17) is 4.74 Å². The highest BCUT2D eigenvalue weighted by molar-refractivity contribution is 5.99. The van der Waals surface area contributed by atoms with E-state index in [1.165, 1.54) is 87.7 Å². The van der Waals surface area contributed by atoms with Gasteiger partial charge >= 0.3 is 0 Å². The molecular weight excluding hydrogens is 1200 g/mol. The Morgan fingerprint density at radius 3 is 1.37 bits per heavy atom. The molecule has 0 radical (unpaired) electrons. The van der Waals surface area contributed by atoms with Crippen molar-refractivity contribution in [3.8, 4) is 0 Å². The summed E-state index contributed by atoms with van der Waals surface area (Å²) in [5, 5.41) is 34.9. The maximum Gasteiger partial charge on any atom is 0.294 e. The second-order valence-corrected chi connectivity index (χ2v) is 28.3. The molecule has 93 heavy (non-hydrogen) atoms. The van der Waals surface area contributed by atoms with Gasteiger partial charge in [0, 0.05) is 55.4 Å². The molecule has 6 N–H and O–H groups in total. The molecule has 1 fully saturated rings. The number of carbonyl (C=O) groups is 12. The van der Waals surface area contributed by atoms with Crippen molar-refractivity contribution < 1.29 is 72.5 Å². The Morgan fingerprint density at radius 2 is 0.914 bits per heavy atom. The van der Waals surface area contributed by atoms with E-state index in [-0.39, 0.29) is 68.7 Å². The highest BCUT2D eigenvalue weighted by Crippen LogP contribution is 2.27. The standard InChI is InChI=1S/C66H120N12O15/c1-27-46-62(88)71(19)33-52(81)73(21)47(28-35(2)3)59(85)70-53(39(10)11)65(91)74(22)48(29-36(4)5)58(84)67-42(15)57(83)68-43(16)61(87)75(23)49(30-37(6)7)63(89)76(24)50(31-38(8)9)64(90)77(25)54(40(12)13)66(92)78(26)55(60(86)69-46)56(82)41(14)32-51(80)44(17)72(20)45(18)93-34-79/h34-51,53-56,80,82H,27-33H2,1-26H3,(H,67,84)(H,68,83)(H,69,86)(H,70,85)/t41-,42+,43+,44?,45?,46+,47+,48+,49+,50+,51?,53+,54?,55?,56-/m1/s1. The zero-order valence-electron chi connectivity index (χ0n) is 60.9. The molecule has 27 heteroatoms. The van der Waals surface area contributed by atoms with Gasteiger partial charge in [-0.1, -0.05) is 96.9 Å². The lowest BCUT2D eigenvalue weighted by Gasteiger charge is -2.42. The van der Waals surface area contributed by atoms with E-state index in [0.29, 0.717) is 0 Å². The number of hydrogen-bond acceptors (Lipinski definition) is 16. The zero-order valence-corrected chi connectivity index (χ0v) is 60.9. The van der Waals surface area contributed by atoms with Crippen molar-refractivity contribution in [1.29, 1.82) is 0 Å². The van der Waals surface area contributed by atoms with E-state index in [1.807, 2.05) is 55.4 Å². The normalized spacial score (nSPS) is 26.6. The zero-order chi connectivity index (χ0) is 72.3. The van der Waals surface area contributed by atoms with Gasteiger partial charge in [-0.05, 0) is 115 Å². The summed E-state index contributed by atoms with van der Waals surface area (Å²) < 4.78 is 5.08. The van der Waals surface area contributed by atoms with Crippen LogP contribution in [0.4, 0.5) is 0 Å².